The molecule has 0 aliphatic carbocycles. The van der Waals surface area contributed by atoms with E-state index in [-0.39, 0.29) is 5.91 Å². The Hall–Kier alpha value is -3.84. The second-order valence-electron chi connectivity index (χ2n) is 7.20. The van der Waals surface area contributed by atoms with Gasteiger partial charge >= 0.3 is 0 Å². The molecule has 1 N–H and O–H groups in total. The van der Waals surface area contributed by atoms with Crippen molar-refractivity contribution in [2.24, 2.45) is 0 Å². The zero-order valence-electron chi connectivity index (χ0n) is 18.3. The Morgan fingerprint density at radius 1 is 0.970 bits per heavy atom. The molecule has 3 aromatic carbocycles. The number of aromatic nitrogens is 2. The summed E-state index contributed by atoms with van der Waals surface area (Å²) in [6.07, 6.45) is 0.976. The quantitative estimate of drug-likeness (QED) is 0.396. The van der Waals surface area contributed by atoms with Crippen LogP contribution < -0.4 is 19.5 Å². The fourth-order valence-corrected chi connectivity index (χ4v) is 3.49. The van der Waals surface area contributed by atoms with Gasteiger partial charge in [-0.05, 0) is 49.4 Å². The fourth-order valence-electron chi connectivity index (χ4n) is 3.25. The van der Waals surface area contributed by atoms with Gasteiger partial charge in [0, 0.05) is 11.6 Å². The standard InChI is InChI=1S/C25H22ClN3O4/c1-15(25(30)29-21-12-18(26)23(31-2)13-24(21)32-3)33-17-10-8-16(9-11-17)22-14-27-19-6-4-5-7-20(19)28-22/h4-15H,1-3H3,(H,29,30)/t15-/m1/s1. The monoisotopic (exact) mass is 463 g/mol. The van der Waals surface area contributed by atoms with Crippen molar-refractivity contribution in [2.45, 2.75) is 13.0 Å². The number of methoxy groups -OCH3 is 2. The van der Waals surface area contributed by atoms with E-state index in [0.717, 1.165) is 22.3 Å². The molecule has 0 aliphatic rings. The zero-order chi connectivity index (χ0) is 23.4. The molecular formula is C25H22ClN3O4. The number of nitrogens with zero attached hydrogens (tertiary/aromatic N) is 2. The Kier molecular flexibility index (Phi) is 6.60. The first-order valence-electron chi connectivity index (χ1n) is 10.2. The highest BCUT2D eigenvalue weighted by atomic mass is 35.5. The average Bonchev–Trinajstić information content (AvgIpc) is 2.84. The lowest BCUT2D eigenvalue weighted by atomic mass is 10.1. The van der Waals surface area contributed by atoms with E-state index in [9.17, 15) is 4.79 Å². The Morgan fingerprint density at radius 2 is 1.67 bits per heavy atom. The fraction of sp³-hybridized carbons (Fsp3) is 0.160. The summed E-state index contributed by atoms with van der Waals surface area (Å²) in [6.45, 7) is 1.66. The maximum atomic E-state index is 12.7. The van der Waals surface area contributed by atoms with Crippen LogP contribution in [0.15, 0.2) is 66.9 Å². The average molecular weight is 464 g/mol. The lowest BCUT2D eigenvalue weighted by Crippen LogP contribution is -2.30. The van der Waals surface area contributed by atoms with E-state index in [1.54, 1.807) is 37.4 Å². The Balaban J connectivity index is 1.44. The largest absolute Gasteiger partial charge is 0.495 e. The van der Waals surface area contributed by atoms with Crippen LogP contribution in [0.3, 0.4) is 0 Å². The predicted molar refractivity (Wildman–Crippen MR) is 128 cm³/mol. The number of carbonyl (C=O) groups is 1. The van der Waals surface area contributed by atoms with Crippen LogP contribution in [-0.4, -0.2) is 36.2 Å². The van der Waals surface area contributed by atoms with Crippen molar-refractivity contribution in [2.75, 3.05) is 19.5 Å². The number of fused-ring (bicyclic) bond motifs is 1. The van der Waals surface area contributed by atoms with Gasteiger partial charge in [0.05, 0.1) is 47.9 Å². The molecule has 7 nitrogen and oxygen atoms in total. The smallest absolute Gasteiger partial charge is 0.265 e. The highest BCUT2D eigenvalue weighted by Crippen LogP contribution is 2.36. The van der Waals surface area contributed by atoms with Crippen LogP contribution in [0.25, 0.3) is 22.3 Å². The lowest BCUT2D eigenvalue weighted by Gasteiger charge is -2.17. The van der Waals surface area contributed by atoms with E-state index in [4.69, 9.17) is 25.8 Å². The summed E-state index contributed by atoms with van der Waals surface area (Å²) in [4.78, 5) is 21.8. The van der Waals surface area contributed by atoms with Gasteiger partial charge < -0.3 is 19.5 Å². The molecule has 1 aromatic heterocycles. The van der Waals surface area contributed by atoms with Gasteiger partial charge in [-0.3, -0.25) is 9.78 Å². The van der Waals surface area contributed by atoms with Gasteiger partial charge in [-0.25, -0.2) is 4.98 Å². The van der Waals surface area contributed by atoms with E-state index < -0.39 is 6.10 Å². The number of ether oxygens (including phenoxy) is 3. The van der Waals surface area contributed by atoms with Crippen molar-refractivity contribution in [3.8, 4) is 28.5 Å². The van der Waals surface area contributed by atoms with Crippen LogP contribution in [0.5, 0.6) is 17.2 Å². The highest BCUT2D eigenvalue weighted by molar-refractivity contribution is 6.32. The number of rotatable bonds is 7. The van der Waals surface area contributed by atoms with Gasteiger partial charge in [-0.1, -0.05) is 23.7 Å². The van der Waals surface area contributed by atoms with Crippen molar-refractivity contribution in [1.82, 2.24) is 9.97 Å². The van der Waals surface area contributed by atoms with E-state index in [1.807, 2.05) is 36.4 Å². The third-order valence-electron chi connectivity index (χ3n) is 5.01. The molecule has 1 atom stereocenters. The van der Waals surface area contributed by atoms with Gasteiger partial charge in [0.25, 0.3) is 5.91 Å². The van der Waals surface area contributed by atoms with E-state index in [1.165, 1.54) is 14.2 Å². The maximum Gasteiger partial charge on any atom is 0.265 e. The number of benzene rings is 3. The molecule has 0 saturated carbocycles. The number of nitrogens with one attached hydrogen (secondary N) is 1. The summed E-state index contributed by atoms with van der Waals surface area (Å²) in [6, 6.07) is 18.2. The van der Waals surface area contributed by atoms with Crippen LogP contribution in [0.2, 0.25) is 5.02 Å². The molecular weight excluding hydrogens is 442 g/mol. The van der Waals surface area contributed by atoms with E-state index in [2.05, 4.69) is 15.3 Å². The molecule has 0 saturated heterocycles. The number of hydrogen-bond donors (Lipinski definition) is 1. The number of anilines is 1. The van der Waals surface area contributed by atoms with Crippen molar-refractivity contribution >= 4 is 34.2 Å². The molecule has 1 heterocycles. The van der Waals surface area contributed by atoms with Crippen LogP contribution in [0, 0.1) is 0 Å². The first kappa shape index (κ1) is 22.4. The first-order valence-corrected chi connectivity index (χ1v) is 10.6. The molecule has 0 aliphatic heterocycles. The number of carbonyl (C=O) groups excluding carboxylic acids is 1. The number of amides is 1. The minimum absolute atomic E-state index is 0.348. The molecule has 0 fully saturated rings. The molecule has 4 rings (SSSR count). The molecule has 4 aromatic rings. The Labute approximate surface area is 196 Å². The summed E-state index contributed by atoms with van der Waals surface area (Å²) in [5.41, 5.74) is 3.75. The molecule has 33 heavy (non-hydrogen) atoms. The van der Waals surface area contributed by atoms with Crippen molar-refractivity contribution < 1.29 is 19.0 Å². The summed E-state index contributed by atoms with van der Waals surface area (Å²) in [5.74, 6) is 1.08. The zero-order valence-corrected chi connectivity index (χ0v) is 19.1. The van der Waals surface area contributed by atoms with Gasteiger partial charge in [0.15, 0.2) is 6.10 Å². The summed E-state index contributed by atoms with van der Waals surface area (Å²) in [5, 5.41) is 3.14. The molecule has 1 amide bonds. The lowest BCUT2D eigenvalue weighted by molar-refractivity contribution is -0.122. The molecule has 0 spiro atoms. The van der Waals surface area contributed by atoms with Crippen molar-refractivity contribution in [3.63, 3.8) is 0 Å². The molecule has 8 heteroatoms. The van der Waals surface area contributed by atoms with Gasteiger partial charge in [0.2, 0.25) is 0 Å². The molecule has 168 valence electrons. The topological polar surface area (TPSA) is 82.6 Å². The second-order valence-corrected chi connectivity index (χ2v) is 7.61. The third kappa shape index (κ3) is 4.99. The Bertz CT molecular complexity index is 1290. The third-order valence-corrected chi connectivity index (χ3v) is 5.31. The number of para-hydroxylation sites is 2. The number of halogens is 1. The normalized spacial score (nSPS) is 11.6. The van der Waals surface area contributed by atoms with Crippen LogP contribution in [-0.2, 0) is 4.79 Å². The van der Waals surface area contributed by atoms with E-state index >= 15 is 0 Å². The maximum absolute atomic E-state index is 12.7. The van der Waals surface area contributed by atoms with Gasteiger partial charge in [-0.15, -0.1) is 0 Å². The second kappa shape index (κ2) is 9.75. The van der Waals surface area contributed by atoms with Crippen LogP contribution in [0.1, 0.15) is 6.92 Å². The number of hydrogen-bond acceptors (Lipinski definition) is 6. The van der Waals surface area contributed by atoms with Gasteiger partial charge in [-0.2, -0.15) is 0 Å². The van der Waals surface area contributed by atoms with Crippen molar-refractivity contribution in [3.05, 3.63) is 71.9 Å². The summed E-state index contributed by atoms with van der Waals surface area (Å²) >= 11 is 6.18. The van der Waals surface area contributed by atoms with Crippen molar-refractivity contribution in [1.29, 1.82) is 0 Å². The summed E-state index contributed by atoms with van der Waals surface area (Å²) in [7, 11) is 3.01. The molecule has 0 unspecified atom stereocenters. The molecule has 0 bridgehead atoms. The minimum atomic E-state index is -0.762. The minimum Gasteiger partial charge on any atom is -0.495 e. The van der Waals surface area contributed by atoms with E-state index in [0.29, 0.717) is 28.0 Å². The highest BCUT2D eigenvalue weighted by Gasteiger charge is 2.18. The molecule has 0 radical (unpaired) electrons. The predicted octanol–water partition coefficient (Wildman–Crippen LogP) is 5.37. The SMILES string of the molecule is COc1cc(OC)c(NC(=O)[C@@H](C)Oc2ccc(-c3cnc4ccccc4n3)cc2)cc1Cl. The summed E-state index contributed by atoms with van der Waals surface area (Å²) < 4.78 is 16.3. The van der Waals surface area contributed by atoms with Crippen LogP contribution in [0.4, 0.5) is 5.69 Å². The first-order chi connectivity index (χ1) is 16.0. The van der Waals surface area contributed by atoms with Gasteiger partial charge in [0.1, 0.15) is 17.2 Å². The Morgan fingerprint density at radius 3 is 2.36 bits per heavy atom. The van der Waals surface area contributed by atoms with Crippen LogP contribution >= 0.6 is 11.6 Å².